The second kappa shape index (κ2) is 5.16. The molecule has 0 bridgehead atoms. The van der Waals surface area contributed by atoms with Gasteiger partial charge in [0.1, 0.15) is 0 Å². The number of hydrogen-bond donors (Lipinski definition) is 0. The Kier molecular flexibility index (Phi) is 4.49. The van der Waals surface area contributed by atoms with Crippen LogP contribution in [0.3, 0.4) is 0 Å². The van der Waals surface area contributed by atoms with E-state index in [4.69, 9.17) is 0 Å². The Morgan fingerprint density at radius 1 is 1.47 bits per heavy atom. The van der Waals surface area contributed by atoms with Crippen LogP contribution in [0, 0.1) is 48.5 Å². The van der Waals surface area contributed by atoms with E-state index in [0.29, 0.717) is 0 Å². The van der Waals surface area contributed by atoms with E-state index in [1.807, 2.05) is 4.68 Å². The summed E-state index contributed by atoms with van der Waals surface area (Å²) in [5, 5.41) is 4.19. The van der Waals surface area contributed by atoms with Gasteiger partial charge < -0.3 is 11.0 Å². The molecule has 5 heteroatoms. The van der Waals surface area contributed by atoms with Gasteiger partial charge >= 0.3 is 0 Å². The number of aryl methyl sites for hydroxylation is 1. The van der Waals surface area contributed by atoms with Crippen LogP contribution in [0.4, 0.5) is 5.82 Å². The molecule has 0 aromatic carbocycles. The number of anilines is 1. The molecule has 0 radical (unpaired) electrons. The molecule has 0 saturated carbocycles. The molecule has 0 saturated heterocycles. The van der Waals surface area contributed by atoms with Crippen molar-refractivity contribution in [3.05, 3.63) is 12.3 Å². The van der Waals surface area contributed by atoms with E-state index in [0.717, 1.165) is 18.8 Å². The maximum atomic E-state index is 12.3. The summed E-state index contributed by atoms with van der Waals surface area (Å²) < 4.78 is 1.85. The minimum absolute atomic E-state index is 0. The van der Waals surface area contributed by atoms with Crippen molar-refractivity contribution in [2.24, 2.45) is 11.3 Å². The van der Waals surface area contributed by atoms with Crippen molar-refractivity contribution in [1.29, 1.82) is 0 Å². The standard InChI is InChI=1S/C12H18N3O.U/c1-12(2,3)9-6-8-15-10(5-7-13-15)14(4)11(9)16;/h7,9H,6,8H2,1-4H3;/q-1;. The van der Waals surface area contributed by atoms with Crippen LogP contribution in [0.2, 0.25) is 0 Å². The zero-order valence-corrected chi connectivity index (χ0v) is 15.0. The van der Waals surface area contributed by atoms with Gasteiger partial charge in [-0.15, -0.1) is 6.20 Å². The molecule has 92 valence electrons. The number of hydrogen-bond acceptors (Lipinski definition) is 2. The third kappa shape index (κ3) is 2.77. The number of carbonyl (C=O) groups is 1. The summed E-state index contributed by atoms with van der Waals surface area (Å²) in [5.74, 6) is 0.993. The average molecular weight is 458 g/mol. The minimum atomic E-state index is -0.00459. The van der Waals surface area contributed by atoms with Crippen LogP contribution in [-0.2, 0) is 11.3 Å². The fourth-order valence-electron chi connectivity index (χ4n) is 2.24. The van der Waals surface area contributed by atoms with Crippen LogP contribution in [0.5, 0.6) is 0 Å². The number of nitrogens with zero attached hydrogens (tertiary/aromatic N) is 3. The van der Waals surface area contributed by atoms with E-state index < -0.39 is 0 Å². The molecular formula is C12H18N3OU-. The van der Waals surface area contributed by atoms with E-state index >= 15 is 0 Å². The smallest absolute Gasteiger partial charge is 0.229 e. The molecule has 1 aliphatic rings. The molecule has 0 N–H and O–H groups in total. The van der Waals surface area contributed by atoms with Gasteiger partial charge in [0, 0.05) is 50.6 Å². The predicted molar refractivity (Wildman–Crippen MR) is 62.0 cm³/mol. The zero-order chi connectivity index (χ0) is 11.9. The summed E-state index contributed by atoms with van der Waals surface area (Å²) in [4.78, 5) is 14.0. The average Bonchev–Trinajstić information content (AvgIpc) is 2.58. The van der Waals surface area contributed by atoms with E-state index in [1.165, 1.54) is 0 Å². The number of aromatic nitrogens is 2. The molecule has 1 amide bonds. The van der Waals surface area contributed by atoms with Crippen molar-refractivity contribution in [3.63, 3.8) is 0 Å². The van der Waals surface area contributed by atoms with Gasteiger partial charge in [-0.25, -0.2) is 5.10 Å². The Balaban J connectivity index is 0.00000144. The normalized spacial score (nSPS) is 20.6. The molecule has 0 fully saturated rings. The molecule has 17 heavy (non-hydrogen) atoms. The molecule has 1 atom stereocenters. The maximum Gasteiger partial charge on any atom is 0.229 e. The molecule has 0 aliphatic carbocycles. The Morgan fingerprint density at radius 2 is 2.12 bits per heavy atom. The molecule has 1 aromatic rings. The van der Waals surface area contributed by atoms with Crippen molar-refractivity contribution in [2.75, 3.05) is 11.9 Å². The molecule has 0 spiro atoms. The maximum absolute atomic E-state index is 12.3. The third-order valence-corrected chi connectivity index (χ3v) is 3.26. The molecule has 1 aliphatic heterocycles. The molecule has 4 nitrogen and oxygen atoms in total. The van der Waals surface area contributed by atoms with Gasteiger partial charge in [0.25, 0.3) is 0 Å². The minimum Gasteiger partial charge on any atom is -0.407 e. The van der Waals surface area contributed by atoms with Crippen LogP contribution in [0.25, 0.3) is 0 Å². The number of amides is 1. The number of fused-ring (bicyclic) bond motifs is 1. The SMILES string of the molecule is CN1C(=O)C(C(C)(C)C)CCn2nc[c-]c21.[U]. The first-order valence-corrected chi connectivity index (χ1v) is 5.62. The fraction of sp³-hybridized carbons (Fsp3) is 0.667. The zero-order valence-electron chi connectivity index (χ0n) is 10.8. The van der Waals surface area contributed by atoms with Gasteiger partial charge in [-0.3, -0.25) is 9.48 Å². The molecule has 1 aromatic heterocycles. The summed E-state index contributed by atoms with van der Waals surface area (Å²) in [6, 6.07) is 3.01. The second-order valence-corrected chi connectivity index (χ2v) is 5.44. The van der Waals surface area contributed by atoms with Crippen molar-refractivity contribution in [3.8, 4) is 0 Å². The summed E-state index contributed by atoms with van der Waals surface area (Å²) in [6.45, 7) is 7.13. The van der Waals surface area contributed by atoms with Crippen LogP contribution < -0.4 is 4.90 Å². The van der Waals surface area contributed by atoms with E-state index in [2.05, 4.69) is 31.9 Å². The summed E-state index contributed by atoms with van der Waals surface area (Å²) in [5.41, 5.74) is -0.00459. The predicted octanol–water partition coefficient (Wildman–Crippen LogP) is 1.71. The summed E-state index contributed by atoms with van der Waals surface area (Å²) in [7, 11) is 1.80. The largest absolute Gasteiger partial charge is 0.407 e. The Labute approximate surface area is 126 Å². The first kappa shape index (κ1) is 14.8. The van der Waals surface area contributed by atoms with Crippen LogP contribution in [-0.4, -0.2) is 22.7 Å². The van der Waals surface area contributed by atoms with Gasteiger partial charge in [-0.05, 0) is 17.7 Å². The van der Waals surface area contributed by atoms with Crippen molar-refractivity contribution in [1.82, 2.24) is 9.78 Å². The van der Waals surface area contributed by atoms with E-state index in [-0.39, 0.29) is 48.4 Å². The molecule has 2 rings (SSSR count). The van der Waals surface area contributed by atoms with Crippen LogP contribution in [0.15, 0.2) is 6.20 Å². The first-order valence-electron chi connectivity index (χ1n) is 5.62. The number of carbonyl (C=O) groups excluding carboxylic acids is 1. The van der Waals surface area contributed by atoms with Crippen molar-refractivity contribution >= 4 is 11.7 Å². The summed E-state index contributed by atoms with van der Waals surface area (Å²) in [6.07, 6.45) is 2.46. The molecule has 2 heterocycles. The van der Waals surface area contributed by atoms with Gasteiger partial charge in [-0.2, -0.15) is 0 Å². The first-order chi connectivity index (χ1) is 7.41. The van der Waals surface area contributed by atoms with Gasteiger partial charge in [0.2, 0.25) is 5.91 Å². The van der Waals surface area contributed by atoms with E-state index in [1.54, 1.807) is 18.1 Å². The fourth-order valence-corrected chi connectivity index (χ4v) is 2.24. The van der Waals surface area contributed by atoms with Crippen LogP contribution in [0.1, 0.15) is 27.2 Å². The van der Waals surface area contributed by atoms with Gasteiger partial charge in [0.05, 0.1) is 0 Å². The van der Waals surface area contributed by atoms with Crippen molar-refractivity contribution in [2.45, 2.75) is 33.7 Å². The quantitative estimate of drug-likeness (QED) is 0.556. The molecule has 1 unspecified atom stereocenters. The topological polar surface area (TPSA) is 38.1 Å². The van der Waals surface area contributed by atoms with E-state index in [9.17, 15) is 4.79 Å². The van der Waals surface area contributed by atoms with Crippen molar-refractivity contribution < 1.29 is 35.9 Å². The molecular weight excluding hydrogens is 440 g/mol. The Bertz CT molecular complexity index is 408. The third-order valence-electron chi connectivity index (χ3n) is 3.26. The van der Waals surface area contributed by atoms with Gasteiger partial charge in [-0.1, -0.05) is 20.8 Å². The monoisotopic (exact) mass is 458 g/mol. The Hall–Kier alpha value is -0.268. The number of rotatable bonds is 0. The van der Waals surface area contributed by atoms with Gasteiger partial charge in [0.15, 0.2) is 0 Å². The second-order valence-electron chi connectivity index (χ2n) is 5.44. The Morgan fingerprint density at radius 3 is 2.71 bits per heavy atom. The van der Waals surface area contributed by atoms with Crippen LogP contribution >= 0.6 is 0 Å². The summed E-state index contributed by atoms with van der Waals surface area (Å²) >= 11 is 0.